The molecule has 5 N–H and O–H groups in total. The van der Waals surface area contributed by atoms with Crippen molar-refractivity contribution >= 4 is 23.9 Å². The van der Waals surface area contributed by atoms with Gasteiger partial charge in [-0.3, -0.25) is 9.59 Å². The fraction of sp³-hybridized carbons (Fsp3) is 0.360. The van der Waals surface area contributed by atoms with Crippen LogP contribution in [0.1, 0.15) is 43.7 Å². The lowest BCUT2D eigenvalue weighted by Gasteiger charge is -2.22. The number of benzene rings is 2. The van der Waals surface area contributed by atoms with Gasteiger partial charge in [-0.15, -0.1) is 0 Å². The number of alkyl carbamates (subject to hydrolysis) is 1. The summed E-state index contributed by atoms with van der Waals surface area (Å²) in [4.78, 5) is 47.8. The molecule has 0 saturated carbocycles. The minimum absolute atomic E-state index is 0.0176. The summed E-state index contributed by atoms with van der Waals surface area (Å²) in [6, 6.07) is 13.3. The van der Waals surface area contributed by atoms with Crippen molar-refractivity contribution in [2.24, 2.45) is 11.7 Å². The Kier molecular flexibility index (Phi) is 7.88. The van der Waals surface area contributed by atoms with E-state index >= 15 is 0 Å². The summed E-state index contributed by atoms with van der Waals surface area (Å²) in [6.07, 6.45) is -1.09. The number of nitrogens with two attached hydrogens (primary N) is 1. The molecule has 34 heavy (non-hydrogen) atoms. The predicted molar refractivity (Wildman–Crippen MR) is 125 cm³/mol. The van der Waals surface area contributed by atoms with Crippen LogP contribution >= 0.6 is 0 Å². The molecule has 0 heterocycles. The fourth-order valence-corrected chi connectivity index (χ4v) is 4.16. The molecule has 1 aliphatic rings. The molecule has 0 radical (unpaired) electrons. The smallest absolute Gasteiger partial charge is 0.407 e. The highest BCUT2D eigenvalue weighted by molar-refractivity contribution is 5.91. The number of nitrogens with one attached hydrogen (secondary N) is 2. The van der Waals surface area contributed by atoms with Gasteiger partial charge in [0.2, 0.25) is 11.8 Å². The highest BCUT2D eigenvalue weighted by Crippen LogP contribution is 2.44. The molecule has 0 aliphatic heterocycles. The van der Waals surface area contributed by atoms with E-state index in [0.29, 0.717) is 0 Å². The molecule has 2 aromatic rings. The molecule has 180 valence electrons. The minimum atomic E-state index is -1.48. The highest BCUT2D eigenvalue weighted by atomic mass is 16.5. The number of aliphatic carboxylic acids is 1. The summed E-state index contributed by atoms with van der Waals surface area (Å²) in [6.45, 7) is 3.80. The summed E-state index contributed by atoms with van der Waals surface area (Å²) >= 11 is 0. The van der Waals surface area contributed by atoms with Gasteiger partial charge in [-0.1, -0.05) is 62.4 Å². The van der Waals surface area contributed by atoms with E-state index in [2.05, 4.69) is 10.6 Å². The normalized spacial score (nSPS) is 14.0. The average Bonchev–Trinajstić information content (AvgIpc) is 3.10. The van der Waals surface area contributed by atoms with Crippen LogP contribution in [0.5, 0.6) is 0 Å². The highest BCUT2D eigenvalue weighted by Gasteiger charge is 2.31. The van der Waals surface area contributed by atoms with Gasteiger partial charge in [0.25, 0.3) is 0 Å². The molecule has 1 aliphatic carbocycles. The van der Waals surface area contributed by atoms with Crippen molar-refractivity contribution in [3.63, 3.8) is 0 Å². The van der Waals surface area contributed by atoms with Gasteiger partial charge < -0.3 is 26.2 Å². The number of carbonyl (C=O) groups is 4. The Labute approximate surface area is 197 Å². The lowest BCUT2D eigenvalue weighted by molar-refractivity contribution is -0.143. The van der Waals surface area contributed by atoms with Crippen LogP contribution in [-0.4, -0.2) is 47.7 Å². The van der Waals surface area contributed by atoms with Crippen LogP contribution in [0.4, 0.5) is 4.79 Å². The summed E-state index contributed by atoms with van der Waals surface area (Å²) in [5, 5.41) is 14.1. The van der Waals surface area contributed by atoms with E-state index in [1.54, 1.807) is 0 Å². The fourth-order valence-electron chi connectivity index (χ4n) is 4.16. The van der Waals surface area contributed by atoms with Crippen molar-refractivity contribution in [2.45, 2.75) is 44.7 Å². The maximum Gasteiger partial charge on any atom is 0.407 e. The third kappa shape index (κ3) is 5.92. The second-order valence-corrected chi connectivity index (χ2v) is 8.72. The van der Waals surface area contributed by atoms with E-state index in [-0.39, 0.29) is 24.9 Å². The molecule has 0 saturated heterocycles. The van der Waals surface area contributed by atoms with Crippen molar-refractivity contribution in [1.82, 2.24) is 10.6 Å². The van der Waals surface area contributed by atoms with Gasteiger partial charge in [-0.2, -0.15) is 0 Å². The third-order valence-electron chi connectivity index (χ3n) is 5.68. The zero-order valence-electron chi connectivity index (χ0n) is 19.1. The first kappa shape index (κ1) is 24.8. The van der Waals surface area contributed by atoms with E-state index in [0.717, 1.165) is 22.3 Å². The Morgan fingerprint density at radius 3 is 2.00 bits per heavy atom. The second-order valence-electron chi connectivity index (χ2n) is 8.72. The molecule has 9 heteroatoms. The number of carboxylic acid groups (broad SMARTS) is 1. The molecule has 3 rings (SSSR count). The maximum atomic E-state index is 12.7. The Morgan fingerprint density at radius 1 is 0.941 bits per heavy atom. The molecular formula is C25H29N3O6. The number of hydrogen-bond donors (Lipinski definition) is 4. The van der Waals surface area contributed by atoms with Crippen LogP contribution in [0, 0.1) is 5.92 Å². The number of rotatable bonds is 10. The van der Waals surface area contributed by atoms with E-state index in [4.69, 9.17) is 10.5 Å². The summed E-state index contributed by atoms with van der Waals surface area (Å²) in [7, 11) is 0. The zero-order chi connectivity index (χ0) is 24.8. The SMILES string of the molecule is CC(C)CC(NC(=O)OCC1c2ccccc2-c2ccccc21)C(=O)NC(CC(N)=O)C(=O)O. The van der Waals surface area contributed by atoms with Crippen LogP contribution in [-0.2, 0) is 19.1 Å². The van der Waals surface area contributed by atoms with Crippen LogP contribution in [0.2, 0.25) is 0 Å². The monoisotopic (exact) mass is 467 g/mol. The Hall–Kier alpha value is -3.88. The summed E-state index contributed by atoms with van der Waals surface area (Å²) in [5.74, 6) is -3.10. The van der Waals surface area contributed by atoms with Gasteiger partial charge in [-0.25, -0.2) is 9.59 Å². The van der Waals surface area contributed by atoms with Crippen molar-refractivity contribution in [1.29, 1.82) is 0 Å². The molecule has 2 unspecified atom stereocenters. The average molecular weight is 468 g/mol. The maximum absolute atomic E-state index is 12.7. The lowest BCUT2D eigenvalue weighted by atomic mass is 9.98. The van der Waals surface area contributed by atoms with Gasteiger partial charge >= 0.3 is 12.1 Å². The van der Waals surface area contributed by atoms with Crippen LogP contribution in [0.15, 0.2) is 48.5 Å². The van der Waals surface area contributed by atoms with E-state index in [1.165, 1.54) is 0 Å². The molecule has 0 spiro atoms. The van der Waals surface area contributed by atoms with Crippen molar-refractivity contribution in [3.05, 3.63) is 59.7 Å². The lowest BCUT2D eigenvalue weighted by Crippen LogP contribution is -2.53. The van der Waals surface area contributed by atoms with Gasteiger partial charge in [0.05, 0.1) is 6.42 Å². The molecule has 3 amide bonds. The molecule has 0 aromatic heterocycles. The van der Waals surface area contributed by atoms with Gasteiger partial charge in [0.15, 0.2) is 0 Å². The quantitative estimate of drug-likeness (QED) is 0.422. The van der Waals surface area contributed by atoms with Gasteiger partial charge in [-0.05, 0) is 34.6 Å². The number of hydrogen-bond acceptors (Lipinski definition) is 5. The largest absolute Gasteiger partial charge is 0.480 e. The standard InChI is InChI=1S/C25H29N3O6/c1-14(2)11-20(23(30)27-21(24(31)32)12-22(26)29)28-25(33)34-13-19-17-9-5-3-7-15(17)16-8-4-6-10-18(16)19/h3-10,14,19-21H,11-13H2,1-2H3,(H2,26,29)(H,27,30)(H,28,33)(H,31,32). The number of carbonyl (C=O) groups excluding carboxylic acids is 3. The first-order valence-corrected chi connectivity index (χ1v) is 11.1. The molecule has 0 fully saturated rings. The first-order valence-electron chi connectivity index (χ1n) is 11.1. The van der Waals surface area contributed by atoms with E-state index in [9.17, 15) is 24.3 Å². The number of primary amides is 1. The molecule has 9 nitrogen and oxygen atoms in total. The van der Waals surface area contributed by atoms with E-state index < -0.39 is 42.4 Å². The Bertz CT molecular complexity index is 1040. The molecule has 2 aromatic carbocycles. The molecule has 0 bridgehead atoms. The minimum Gasteiger partial charge on any atom is -0.480 e. The second kappa shape index (κ2) is 10.8. The summed E-state index contributed by atoms with van der Waals surface area (Å²) in [5.41, 5.74) is 9.38. The number of carboxylic acids is 1. The van der Waals surface area contributed by atoms with Crippen LogP contribution < -0.4 is 16.4 Å². The van der Waals surface area contributed by atoms with Gasteiger partial charge in [0, 0.05) is 5.92 Å². The third-order valence-corrected chi connectivity index (χ3v) is 5.68. The topological polar surface area (TPSA) is 148 Å². The number of ether oxygens (including phenoxy) is 1. The zero-order valence-corrected chi connectivity index (χ0v) is 19.1. The van der Waals surface area contributed by atoms with Crippen molar-refractivity contribution in [2.75, 3.05) is 6.61 Å². The molecule has 2 atom stereocenters. The number of fused-ring (bicyclic) bond motifs is 3. The number of amides is 3. The van der Waals surface area contributed by atoms with Crippen LogP contribution in [0.25, 0.3) is 11.1 Å². The molecular weight excluding hydrogens is 438 g/mol. The van der Waals surface area contributed by atoms with Crippen LogP contribution in [0.3, 0.4) is 0 Å². The van der Waals surface area contributed by atoms with Crippen molar-refractivity contribution in [3.8, 4) is 11.1 Å². The Morgan fingerprint density at radius 2 is 1.50 bits per heavy atom. The summed E-state index contributed by atoms with van der Waals surface area (Å²) < 4.78 is 5.50. The van der Waals surface area contributed by atoms with Gasteiger partial charge in [0.1, 0.15) is 18.7 Å². The van der Waals surface area contributed by atoms with E-state index in [1.807, 2.05) is 62.4 Å². The predicted octanol–water partition coefficient (Wildman–Crippen LogP) is 2.38. The first-order chi connectivity index (χ1) is 16.2. The van der Waals surface area contributed by atoms with Crippen molar-refractivity contribution < 1.29 is 29.0 Å². The Balaban J connectivity index is 1.67.